The Bertz CT molecular complexity index is 2270. The van der Waals surface area contributed by atoms with Gasteiger partial charge in [-0.1, -0.05) is 91.0 Å². The van der Waals surface area contributed by atoms with E-state index in [4.69, 9.17) is 16.6 Å². The summed E-state index contributed by atoms with van der Waals surface area (Å²) in [5.74, 6) is 1.11. The van der Waals surface area contributed by atoms with Crippen LogP contribution in [0, 0.1) is 0 Å². The lowest BCUT2D eigenvalue weighted by Crippen LogP contribution is -1.97. The van der Waals surface area contributed by atoms with Crippen LogP contribution in [-0.2, 0) is 0 Å². The quantitative estimate of drug-likeness (QED) is 0.209. The first-order valence-corrected chi connectivity index (χ1v) is 14.9. The summed E-state index contributed by atoms with van der Waals surface area (Å²) in [7, 11) is 0. The first-order chi connectivity index (χ1) is 20.7. The summed E-state index contributed by atoms with van der Waals surface area (Å²) in [6, 6.07) is 46.8. The Morgan fingerprint density at radius 1 is 0.405 bits per heavy atom. The van der Waals surface area contributed by atoms with Crippen molar-refractivity contribution in [1.29, 1.82) is 0 Å². The lowest BCUT2D eigenvalue weighted by molar-refractivity contribution is 1.07. The van der Waals surface area contributed by atoms with E-state index >= 15 is 0 Å². The number of nitrogens with zero attached hydrogens (tertiary/aromatic N) is 3. The summed E-state index contributed by atoms with van der Waals surface area (Å²) in [4.78, 5) is 13.9. The molecular weight excluding hydrogens is 554 g/mol. The highest BCUT2D eigenvalue weighted by molar-refractivity contribution is 7.25. The van der Waals surface area contributed by atoms with Crippen molar-refractivity contribution in [2.45, 2.75) is 0 Å². The SMILES string of the molecule is Clc1nc(-c2cccc(-c3ccc4ccc(-c5ccccc5)cc4c3)c2)nc(-c2ccc3sc4ccccc4c3c2)n1. The molecule has 42 heavy (non-hydrogen) atoms. The average molecular weight is 576 g/mol. The van der Waals surface area contributed by atoms with Gasteiger partial charge in [-0.2, -0.15) is 9.97 Å². The van der Waals surface area contributed by atoms with Crippen LogP contribution < -0.4 is 0 Å². The van der Waals surface area contributed by atoms with Crippen LogP contribution >= 0.6 is 22.9 Å². The maximum absolute atomic E-state index is 6.47. The highest BCUT2D eigenvalue weighted by Gasteiger charge is 2.13. The van der Waals surface area contributed by atoms with Gasteiger partial charge in [0.25, 0.3) is 0 Å². The Morgan fingerprint density at radius 2 is 1.00 bits per heavy atom. The number of thiophene rings is 1. The first-order valence-electron chi connectivity index (χ1n) is 13.7. The van der Waals surface area contributed by atoms with Crippen LogP contribution in [0.15, 0.2) is 133 Å². The van der Waals surface area contributed by atoms with Crippen molar-refractivity contribution < 1.29 is 0 Å². The summed E-state index contributed by atoms with van der Waals surface area (Å²) >= 11 is 8.26. The van der Waals surface area contributed by atoms with Gasteiger partial charge in [-0.3, -0.25) is 0 Å². The molecule has 0 unspecified atom stereocenters. The Balaban J connectivity index is 1.18. The second kappa shape index (κ2) is 10.2. The monoisotopic (exact) mass is 575 g/mol. The fraction of sp³-hybridized carbons (Fsp3) is 0. The first kappa shape index (κ1) is 24.9. The van der Waals surface area contributed by atoms with Crippen molar-refractivity contribution >= 4 is 53.9 Å². The van der Waals surface area contributed by atoms with Gasteiger partial charge in [0.15, 0.2) is 11.6 Å². The maximum atomic E-state index is 6.47. The molecule has 0 aliphatic heterocycles. The van der Waals surface area contributed by atoms with E-state index in [1.807, 2.05) is 18.2 Å². The van der Waals surface area contributed by atoms with Crippen molar-refractivity contribution in [2.75, 3.05) is 0 Å². The number of hydrogen-bond donors (Lipinski definition) is 0. The second-order valence-corrected chi connectivity index (χ2v) is 11.7. The smallest absolute Gasteiger partial charge is 0.208 e. The van der Waals surface area contributed by atoms with Gasteiger partial charge in [0.1, 0.15) is 0 Å². The summed E-state index contributed by atoms with van der Waals surface area (Å²) in [6.07, 6.45) is 0. The average Bonchev–Trinajstić information content (AvgIpc) is 3.42. The number of halogens is 1. The molecule has 5 heteroatoms. The lowest BCUT2D eigenvalue weighted by atomic mass is 9.97. The molecule has 0 saturated heterocycles. The van der Waals surface area contributed by atoms with E-state index in [0.29, 0.717) is 11.6 Å². The van der Waals surface area contributed by atoms with E-state index in [0.717, 1.165) is 22.3 Å². The van der Waals surface area contributed by atoms with Crippen LogP contribution in [0.4, 0.5) is 0 Å². The number of benzene rings is 6. The zero-order chi connectivity index (χ0) is 28.0. The van der Waals surface area contributed by atoms with E-state index in [1.54, 1.807) is 11.3 Å². The maximum Gasteiger partial charge on any atom is 0.226 e. The minimum atomic E-state index is 0.176. The molecule has 0 bridgehead atoms. The molecule has 0 radical (unpaired) electrons. The minimum absolute atomic E-state index is 0.176. The Morgan fingerprint density at radius 3 is 1.81 bits per heavy atom. The molecule has 6 aromatic carbocycles. The molecule has 3 nitrogen and oxygen atoms in total. The third-order valence-electron chi connectivity index (χ3n) is 7.64. The summed E-state index contributed by atoms with van der Waals surface area (Å²) in [6.45, 7) is 0. The minimum Gasteiger partial charge on any atom is -0.208 e. The van der Waals surface area contributed by atoms with Crippen molar-refractivity contribution in [3.63, 3.8) is 0 Å². The van der Waals surface area contributed by atoms with E-state index in [-0.39, 0.29) is 5.28 Å². The van der Waals surface area contributed by atoms with Crippen molar-refractivity contribution in [2.24, 2.45) is 0 Å². The molecule has 0 amide bonds. The fourth-order valence-corrected chi connectivity index (χ4v) is 6.79. The summed E-state index contributed by atoms with van der Waals surface area (Å²) in [5.41, 5.74) is 6.43. The fourth-order valence-electron chi connectivity index (χ4n) is 5.55. The van der Waals surface area contributed by atoms with Gasteiger partial charge in [0.05, 0.1) is 0 Å². The Labute approximate surface area is 251 Å². The number of rotatable bonds is 4. The molecule has 0 atom stereocenters. The topological polar surface area (TPSA) is 38.7 Å². The molecule has 2 aromatic heterocycles. The van der Waals surface area contributed by atoms with Crippen LogP contribution in [-0.4, -0.2) is 15.0 Å². The highest BCUT2D eigenvalue weighted by Crippen LogP contribution is 2.36. The molecule has 0 aliphatic rings. The molecule has 2 heterocycles. The van der Waals surface area contributed by atoms with Gasteiger partial charge in [0.2, 0.25) is 5.28 Å². The molecule has 198 valence electrons. The Hall–Kier alpha value is -4.90. The third kappa shape index (κ3) is 4.51. The van der Waals surface area contributed by atoms with Crippen LogP contribution in [0.1, 0.15) is 0 Å². The van der Waals surface area contributed by atoms with Crippen molar-refractivity contribution in [1.82, 2.24) is 15.0 Å². The van der Waals surface area contributed by atoms with Gasteiger partial charge in [-0.25, -0.2) is 4.98 Å². The molecule has 8 aromatic rings. The van der Waals surface area contributed by atoms with E-state index in [2.05, 4.69) is 125 Å². The van der Waals surface area contributed by atoms with Gasteiger partial charge in [0, 0.05) is 31.3 Å². The van der Waals surface area contributed by atoms with Crippen LogP contribution in [0.3, 0.4) is 0 Å². The second-order valence-electron chi connectivity index (χ2n) is 10.3. The van der Waals surface area contributed by atoms with Crippen LogP contribution in [0.2, 0.25) is 5.28 Å². The molecular formula is C37H22ClN3S. The van der Waals surface area contributed by atoms with Crippen LogP contribution in [0.25, 0.3) is 76.0 Å². The Kier molecular flexibility index (Phi) is 6.03. The number of fused-ring (bicyclic) bond motifs is 4. The lowest BCUT2D eigenvalue weighted by Gasteiger charge is -2.09. The van der Waals surface area contributed by atoms with Gasteiger partial charge in [-0.05, 0) is 87.1 Å². The predicted molar refractivity (Wildman–Crippen MR) is 177 cm³/mol. The van der Waals surface area contributed by atoms with Gasteiger partial charge < -0.3 is 0 Å². The summed E-state index contributed by atoms with van der Waals surface area (Å²) < 4.78 is 2.50. The highest BCUT2D eigenvalue weighted by atomic mass is 35.5. The standard InChI is InChI=1S/C37H22ClN3S/c38-37-40-35(39-36(41-37)29-17-18-34-32(22-29)31-11-4-5-12-33(31)42-34)28-10-6-9-25(19-28)27-16-14-24-13-15-26(20-30(24)21-27)23-7-2-1-3-8-23/h1-22H. The third-order valence-corrected chi connectivity index (χ3v) is 8.97. The van der Waals surface area contributed by atoms with E-state index in [9.17, 15) is 0 Å². The van der Waals surface area contributed by atoms with E-state index < -0.39 is 0 Å². The van der Waals surface area contributed by atoms with Gasteiger partial charge in [-0.15, -0.1) is 11.3 Å². The molecule has 8 rings (SSSR count). The van der Waals surface area contributed by atoms with Crippen molar-refractivity contribution in [3.8, 4) is 45.0 Å². The normalized spacial score (nSPS) is 11.5. The largest absolute Gasteiger partial charge is 0.226 e. The molecule has 0 spiro atoms. The summed E-state index contributed by atoms with van der Waals surface area (Å²) in [5, 5.41) is 5.01. The van der Waals surface area contributed by atoms with Crippen molar-refractivity contribution in [3.05, 3.63) is 139 Å². The van der Waals surface area contributed by atoms with E-state index in [1.165, 1.54) is 42.1 Å². The number of hydrogen-bond acceptors (Lipinski definition) is 4. The molecule has 0 aliphatic carbocycles. The predicted octanol–water partition coefficient (Wildman–Crippen LogP) is 10.7. The van der Waals surface area contributed by atoms with Gasteiger partial charge >= 0.3 is 0 Å². The zero-order valence-corrected chi connectivity index (χ0v) is 23.9. The van der Waals surface area contributed by atoms with Crippen LogP contribution in [0.5, 0.6) is 0 Å². The molecule has 0 fully saturated rings. The zero-order valence-electron chi connectivity index (χ0n) is 22.3. The molecule has 0 N–H and O–H groups in total. The number of aromatic nitrogens is 3. The molecule has 0 saturated carbocycles.